The minimum absolute atomic E-state index is 0.00240. The van der Waals surface area contributed by atoms with Crippen molar-refractivity contribution in [2.75, 3.05) is 25.5 Å². The first kappa shape index (κ1) is 19.2. The summed E-state index contributed by atoms with van der Waals surface area (Å²) in [5.41, 5.74) is 5.53. The molecule has 3 amide bonds. The summed E-state index contributed by atoms with van der Waals surface area (Å²) in [4.78, 5) is 26.4. The fourth-order valence-electron chi connectivity index (χ4n) is 3.93. The molecule has 0 saturated carbocycles. The highest BCUT2D eigenvalue weighted by Crippen LogP contribution is 2.25. The number of carbonyl (C=O) groups excluding carboxylic acids is 2. The highest BCUT2D eigenvalue weighted by Gasteiger charge is 2.22. The van der Waals surface area contributed by atoms with Crippen molar-refractivity contribution in [1.82, 2.24) is 15.5 Å². The van der Waals surface area contributed by atoms with Gasteiger partial charge in [-0.1, -0.05) is 42.5 Å². The van der Waals surface area contributed by atoms with Crippen LogP contribution in [0.1, 0.15) is 23.1 Å². The van der Waals surface area contributed by atoms with Gasteiger partial charge in [-0.3, -0.25) is 4.79 Å². The van der Waals surface area contributed by atoms with Crippen LogP contribution in [-0.2, 0) is 17.8 Å². The third kappa shape index (κ3) is 4.32. The van der Waals surface area contributed by atoms with Gasteiger partial charge in [0, 0.05) is 32.4 Å². The zero-order valence-corrected chi connectivity index (χ0v) is 16.6. The van der Waals surface area contributed by atoms with Crippen LogP contribution >= 0.6 is 0 Å². The van der Waals surface area contributed by atoms with Crippen molar-refractivity contribution in [2.45, 2.75) is 25.4 Å². The third-order valence-electron chi connectivity index (χ3n) is 5.62. The van der Waals surface area contributed by atoms with Crippen LogP contribution in [0.25, 0.3) is 5.57 Å². The van der Waals surface area contributed by atoms with Crippen LogP contribution in [0.5, 0.6) is 0 Å². The van der Waals surface area contributed by atoms with E-state index in [9.17, 15) is 9.59 Å². The van der Waals surface area contributed by atoms with Gasteiger partial charge in [0.25, 0.3) is 0 Å². The predicted octanol–water partition coefficient (Wildman–Crippen LogP) is 2.77. The number of urea groups is 1. The second-order valence-corrected chi connectivity index (χ2v) is 7.46. The third-order valence-corrected chi connectivity index (χ3v) is 5.62. The van der Waals surface area contributed by atoms with Gasteiger partial charge in [-0.25, -0.2) is 4.79 Å². The van der Waals surface area contributed by atoms with Gasteiger partial charge in [-0.05, 0) is 47.2 Å². The summed E-state index contributed by atoms with van der Waals surface area (Å²) in [7, 11) is 1.65. The maximum atomic E-state index is 12.7. The molecule has 1 atom stereocenters. The Bertz CT molecular complexity index is 936. The number of rotatable bonds is 3. The number of carbonyl (C=O) groups is 2. The monoisotopic (exact) mass is 390 g/mol. The molecule has 0 aromatic heterocycles. The zero-order chi connectivity index (χ0) is 20.2. The van der Waals surface area contributed by atoms with E-state index < -0.39 is 0 Å². The molecule has 0 saturated heterocycles. The topological polar surface area (TPSA) is 73.5 Å². The van der Waals surface area contributed by atoms with Crippen molar-refractivity contribution < 1.29 is 9.59 Å². The number of fused-ring (bicyclic) bond motifs is 1. The molecular formula is C23H26N4O2. The van der Waals surface area contributed by atoms with E-state index in [1.165, 1.54) is 11.1 Å². The predicted molar refractivity (Wildman–Crippen MR) is 114 cm³/mol. The second kappa shape index (κ2) is 8.49. The molecule has 0 bridgehead atoms. The summed E-state index contributed by atoms with van der Waals surface area (Å²) in [6.45, 7) is 2.03. The average molecular weight is 390 g/mol. The number of hydrogen-bond acceptors (Lipinski definition) is 3. The molecule has 6 heteroatoms. The van der Waals surface area contributed by atoms with E-state index in [0.29, 0.717) is 19.5 Å². The first-order valence-corrected chi connectivity index (χ1v) is 10.0. The molecule has 0 spiro atoms. The molecule has 2 aliphatic heterocycles. The molecule has 2 heterocycles. The van der Waals surface area contributed by atoms with E-state index >= 15 is 0 Å². The van der Waals surface area contributed by atoms with Crippen molar-refractivity contribution in [2.24, 2.45) is 0 Å². The molecule has 29 heavy (non-hydrogen) atoms. The van der Waals surface area contributed by atoms with Crippen molar-refractivity contribution in [1.29, 1.82) is 0 Å². The lowest BCUT2D eigenvalue weighted by Gasteiger charge is -2.29. The Hall–Kier alpha value is -3.12. The van der Waals surface area contributed by atoms with E-state index in [-0.39, 0.29) is 18.0 Å². The normalized spacial score (nSPS) is 18.4. The van der Waals surface area contributed by atoms with Gasteiger partial charge in [0.05, 0.1) is 6.04 Å². The quantitative estimate of drug-likeness (QED) is 0.755. The number of benzene rings is 2. The van der Waals surface area contributed by atoms with E-state index in [4.69, 9.17) is 0 Å². The van der Waals surface area contributed by atoms with Gasteiger partial charge in [0.15, 0.2) is 0 Å². The summed E-state index contributed by atoms with van der Waals surface area (Å²) < 4.78 is 0. The van der Waals surface area contributed by atoms with E-state index in [1.54, 1.807) is 7.05 Å². The highest BCUT2D eigenvalue weighted by atomic mass is 16.2. The lowest BCUT2D eigenvalue weighted by molar-refractivity contribution is -0.122. The standard InChI is InChI=1S/C23H26N4O2/c1-24-22(28)21-14-18(10-12-25-21)17-6-8-20(9-7-17)26-23(29)27-13-11-16-4-2-3-5-19(16)15-27/h2-10,21,25H,11-15H2,1H3,(H,24,28)(H,26,29). The Morgan fingerprint density at radius 1 is 1.07 bits per heavy atom. The Balaban J connectivity index is 1.38. The highest BCUT2D eigenvalue weighted by molar-refractivity contribution is 5.90. The number of nitrogens with one attached hydrogen (secondary N) is 3. The first-order valence-electron chi connectivity index (χ1n) is 10.0. The minimum Gasteiger partial charge on any atom is -0.358 e. The molecular weight excluding hydrogens is 364 g/mol. The molecule has 2 aromatic carbocycles. The van der Waals surface area contributed by atoms with Gasteiger partial charge in [-0.15, -0.1) is 0 Å². The first-order chi connectivity index (χ1) is 14.1. The summed E-state index contributed by atoms with van der Waals surface area (Å²) in [6.07, 6.45) is 3.65. The molecule has 3 N–H and O–H groups in total. The Kier molecular flexibility index (Phi) is 5.62. The van der Waals surface area contributed by atoms with Gasteiger partial charge in [0.2, 0.25) is 5.91 Å². The van der Waals surface area contributed by atoms with Crippen molar-refractivity contribution in [3.05, 3.63) is 71.3 Å². The van der Waals surface area contributed by atoms with Crippen LogP contribution in [-0.4, -0.2) is 43.0 Å². The average Bonchev–Trinajstić information content (AvgIpc) is 2.78. The maximum absolute atomic E-state index is 12.7. The maximum Gasteiger partial charge on any atom is 0.322 e. The van der Waals surface area contributed by atoms with Crippen molar-refractivity contribution in [3.8, 4) is 0 Å². The molecule has 4 rings (SSSR count). The summed E-state index contributed by atoms with van der Waals surface area (Å²) in [6, 6.07) is 15.8. The number of hydrogen-bond donors (Lipinski definition) is 3. The van der Waals surface area contributed by atoms with Crippen molar-refractivity contribution in [3.63, 3.8) is 0 Å². The van der Waals surface area contributed by atoms with Crippen LogP contribution in [0.2, 0.25) is 0 Å². The van der Waals surface area contributed by atoms with Gasteiger partial charge < -0.3 is 20.9 Å². The van der Waals surface area contributed by atoms with Crippen LogP contribution in [0.15, 0.2) is 54.6 Å². The fourth-order valence-corrected chi connectivity index (χ4v) is 3.93. The molecule has 0 fully saturated rings. The Morgan fingerprint density at radius 2 is 1.83 bits per heavy atom. The molecule has 0 aliphatic carbocycles. The minimum atomic E-state index is -0.207. The van der Waals surface area contributed by atoms with Crippen LogP contribution in [0.3, 0.4) is 0 Å². The van der Waals surface area contributed by atoms with E-state index in [2.05, 4.69) is 34.2 Å². The number of amides is 3. The van der Waals surface area contributed by atoms with E-state index in [1.807, 2.05) is 41.3 Å². The smallest absolute Gasteiger partial charge is 0.322 e. The largest absolute Gasteiger partial charge is 0.358 e. The summed E-state index contributed by atoms with van der Waals surface area (Å²) in [5, 5.41) is 8.89. The Labute approximate surface area is 171 Å². The van der Waals surface area contributed by atoms with Crippen LogP contribution in [0.4, 0.5) is 10.5 Å². The summed E-state index contributed by atoms with van der Waals surface area (Å²) in [5.74, 6) is 0.00240. The fraction of sp³-hybridized carbons (Fsp3) is 0.304. The SMILES string of the molecule is CNC(=O)C1CC(c2ccc(NC(=O)N3CCc4ccccc4C3)cc2)=CCN1. The molecule has 6 nitrogen and oxygen atoms in total. The van der Waals surface area contributed by atoms with Gasteiger partial charge in [-0.2, -0.15) is 0 Å². The Morgan fingerprint density at radius 3 is 2.59 bits per heavy atom. The van der Waals surface area contributed by atoms with Gasteiger partial charge in [0.1, 0.15) is 0 Å². The molecule has 150 valence electrons. The molecule has 1 unspecified atom stereocenters. The number of nitrogens with zero attached hydrogens (tertiary/aromatic N) is 1. The summed E-state index contributed by atoms with van der Waals surface area (Å²) >= 11 is 0. The molecule has 0 radical (unpaired) electrons. The number of anilines is 1. The van der Waals surface area contributed by atoms with Crippen LogP contribution < -0.4 is 16.0 Å². The lowest BCUT2D eigenvalue weighted by Crippen LogP contribution is -2.44. The van der Waals surface area contributed by atoms with Gasteiger partial charge >= 0.3 is 6.03 Å². The lowest BCUT2D eigenvalue weighted by atomic mass is 9.95. The molecule has 2 aromatic rings. The second-order valence-electron chi connectivity index (χ2n) is 7.46. The van der Waals surface area contributed by atoms with Crippen LogP contribution in [0, 0.1) is 0 Å². The van der Waals surface area contributed by atoms with Crippen molar-refractivity contribution >= 4 is 23.2 Å². The number of likely N-dealkylation sites (N-methyl/N-ethyl adjacent to an activating group) is 1. The molecule has 2 aliphatic rings. The van der Waals surface area contributed by atoms with E-state index in [0.717, 1.165) is 29.8 Å². The zero-order valence-electron chi connectivity index (χ0n) is 16.6.